The van der Waals surface area contributed by atoms with Crippen molar-refractivity contribution in [1.29, 1.82) is 0 Å². The summed E-state index contributed by atoms with van der Waals surface area (Å²) in [5, 5.41) is 10.7. The molecule has 0 spiro atoms. The third-order valence-electron chi connectivity index (χ3n) is 4.03. The number of hydrogen-bond donors (Lipinski definition) is 1. The number of ketones is 1. The van der Waals surface area contributed by atoms with Crippen molar-refractivity contribution in [2.24, 2.45) is 11.8 Å². The van der Waals surface area contributed by atoms with E-state index >= 15 is 0 Å². The van der Waals surface area contributed by atoms with Gasteiger partial charge in [-0.2, -0.15) is 0 Å². The van der Waals surface area contributed by atoms with E-state index in [1.807, 2.05) is 0 Å². The van der Waals surface area contributed by atoms with E-state index in [0.717, 1.165) is 6.61 Å². The highest BCUT2D eigenvalue weighted by Crippen LogP contribution is 1.96. The van der Waals surface area contributed by atoms with Crippen LogP contribution in [0.3, 0.4) is 0 Å². The number of nitrogens with one attached hydrogen (secondary N) is 1. The summed E-state index contributed by atoms with van der Waals surface area (Å²) in [6, 6.07) is 0. The molecule has 1 heterocycles. The van der Waals surface area contributed by atoms with Crippen LogP contribution in [0, 0.1) is 11.8 Å². The molecule has 0 fully saturated rings. The molecule has 1 rings (SSSR count). The van der Waals surface area contributed by atoms with Gasteiger partial charge in [0.25, 0.3) is 0 Å². The van der Waals surface area contributed by atoms with Crippen LogP contribution in [0.5, 0.6) is 0 Å². The lowest BCUT2D eigenvalue weighted by Crippen LogP contribution is -2.21. The lowest BCUT2D eigenvalue weighted by Gasteiger charge is -2.08. The Morgan fingerprint density at radius 1 is 0.938 bits per heavy atom. The smallest absolute Gasteiger partial charge is 0.244 e. The number of ether oxygens (including phenoxy) is 4. The molecule has 10 heteroatoms. The molecule has 0 saturated carbocycles. The molecule has 0 aromatic carbocycles. The first-order chi connectivity index (χ1) is 15.4. The van der Waals surface area contributed by atoms with Gasteiger partial charge >= 0.3 is 0 Å². The van der Waals surface area contributed by atoms with Gasteiger partial charge in [0, 0.05) is 18.6 Å². The normalized spacial score (nSPS) is 11.7. The second-order valence-electron chi connectivity index (χ2n) is 7.89. The van der Waals surface area contributed by atoms with Crippen molar-refractivity contribution in [1.82, 2.24) is 20.3 Å². The first kappa shape index (κ1) is 27.9. The molecule has 10 nitrogen and oxygen atoms in total. The van der Waals surface area contributed by atoms with Crippen molar-refractivity contribution < 1.29 is 28.5 Å². The van der Waals surface area contributed by atoms with Crippen molar-refractivity contribution in [3.8, 4) is 0 Å². The van der Waals surface area contributed by atoms with Crippen LogP contribution in [0.4, 0.5) is 0 Å². The Bertz CT molecular complexity index is 675. The topological polar surface area (TPSA) is 114 Å². The van der Waals surface area contributed by atoms with Crippen LogP contribution >= 0.6 is 0 Å². The highest BCUT2D eigenvalue weighted by atomic mass is 16.6. The van der Waals surface area contributed by atoms with Gasteiger partial charge in [0.1, 0.15) is 5.69 Å². The minimum absolute atomic E-state index is 0.0903. The van der Waals surface area contributed by atoms with E-state index in [-0.39, 0.29) is 24.2 Å². The molecule has 32 heavy (non-hydrogen) atoms. The molecule has 1 aromatic rings. The standard InChI is InChI=1S/C22H38N4O6/c1-18(2)17-32-14-13-31-12-11-30-10-9-29-8-7-26-16-20(24-25-26)15-23-22(28)6-5-21(27)19(3)4/h5-6,16,18-19H,7-15,17H2,1-4H3,(H,23,28)/b6-5+. The molecule has 182 valence electrons. The van der Waals surface area contributed by atoms with Crippen molar-refractivity contribution >= 4 is 11.7 Å². The molecular formula is C22H38N4O6. The molecular weight excluding hydrogens is 416 g/mol. The van der Waals surface area contributed by atoms with Gasteiger partial charge in [0.2, 0.25) is 5.91 Å². The van der Waals surface area contributed by atoms with Crippen LogP contribution in [-0.4, -0.2) is 79.5 Å². The summed E-state index contributed by atoms with van der Waals surface area (Å²) in [5.74, 6) is -0.0330. The minimum atomic E-state index is -0.346. The van der Waals surface area contributed by atoms with Gasteiger partial charge in [-0.25, -0.2) is 4.68 Å². The lowest BCUT2D eigenvalue weighted by atomic mass is 10.1. The molecule has 0 aliphatic heterocycles. The van der Waals surface area contributed by atoms with Gasteiger partial charge in [-0.15, -0.1) is 5.10 Å². The Hall–Kier alpha value is -2.14. The number of amides is 1. The quantitative estimate of drug-likeness (QED) is 0.246. The lowest BCUT2D eigenvalue weighted by molar-refractivity contribution is -0.119. The second-order valence-corrected chi connectivity index (χ2v) is 7.89. The minimum Gasteiger partial charge on any atom is -0.379 e. The number of nitrogens with zero attached hydrogens (tertiary/aromatic N) is 3. The molecule has 0 saturated heterocycles. The first-order valence-electron chi connectivity index (χ1n) is 11.1. The van der Waals surface area contributed by atoms with E-state index in [9.17, 15) is 9.59 Å². The van der Waals surface area contributed by atoms with Gasteiger partial charge in [-0.3, -0.25) is 9.59 Å². The highest BCUT2D eigenvalue weighted by Gasteiger charge is 2.05. The van der Waals surface area contributed by atoms with Crippen LogP contribution in [-0.2, 0) is 41.6 Å². The third kappa shape index (κ3) is 14.8. The number of allylic oxidation sites excluding steroid dienone is 1. The SMILES string of the molecule is CC(C)COCCOCCOCCOCCn1cc(CNC(=O)/C=C/C(=O)C(C)C)nn1. The van der Waals surface area contributed by atoms with E-state index in [2.05, 4.69) is 29.5 Å². The van der Waals surface area contributed by atoms with Gasteiger partial charge < -0.3 is 24.3 Å². The fourth-order valence-corrected chi connectivity index (χ4v) is 2.25. The summed E-state index contributed by atoms with van der Waals surface area (Å²) < 4.78 is 23.4. The average molecular weight is 455 g/mol. The fourth-order valence-electron chi connectivity index (χ4n) is 2.25. The molecule has 0 atom stereocenters. The molecule has 0 radical (unpaired) electrons. The van der Waals surface area contributed by atoms with Crippen molar-refractivity contribution in [2.75, 3.05) is 52.9 Å². The zero-order valence-corrected chi connectivity index (χ0v) is 19.7. The van der Waals surface area contributed by atoms with E-state index in [1.165, 1.54) is 12.2 Å². The van der Waals surface area contributed by atoms with Crippen LogP contribution in [0.1, 0.15) is 33.4 Å². The first-order valence-corrected chi connectivity index (χ1v) is 11.1. The van der Waals surface area contributed by atoms with Crippen LogP contribution in [0.15, 0.2) is 18.3 Å². The van der Waals surface area contributed by atoms with Crippen LogP contribution in [0.2, 0.25) is 0 Å². The summed E-state index contributed by atoms with van der Waals surface area (Å²) in [4.78, 5) is 23.2. The number of carbonyl (C=O) groups excluding carboxylic acids is 2. The second kappa shape index (κ2) is 17.4. The third-order valence-corrected chi connectivity index (χ3v) is 4.03. The van der Waals surface area contributed by atoms with E-state index in [0.29, 0.717) is 64.4 Å². The maximum absolute atomic E-state index is 11.7. The van der Waals surface area contributed by atoms with Gasteiger partial charge in [0.05, 0.1) is 65.5 Å². The fraction of sp³-hybridized carbons (Fsp3) is 0.727. The van der Waals surface area contributed by atoms with E-state index in [4.69, 9.17) is 18.9 Å². The molecule has 0 aliphatic rings. The summed E-state index contributed by atoms with van der Waals surface area (Å²) in [5.41, 5.74) is 0.625. The summed E-state index contributed by atoms with van der Waals surface area (Å²) in [7, 11) is 0. The zero-order valence-electron chi connectivity index (χ0n) is 19.7. The number of hydrogen-bond acceptors (Lipinski definition) is 8. The summed E-state index contributed by atoms with van der Waals surface area (Å²) in [6.07, 6.45) is 4.26. The Kier molecular flexibility index (Phi) is 15.2. The predicted molar refractivity (Wildman–Crippen MR) is 119 cm³/mol. The Morgan fingerprint density at radius 3 is 2.12 bits per heavy atom. The van der Waals surface area contributed by atoms with Gasteiger partial charge in [-0.05, 0) is 12.0 Å². The van der Waals surface area contributed by atoms with Crippen molar-refractivity contribution in [2.45, 2.75) is 40.8 Å². The summed E-state index contributed by atoms with van der Waals surface area (Å²) >= 11 is 0. The van der Waals surface area contributed by atoms with Crippen LogP contribution in [0.25, 0.3) is 0 Å². The maximum atomic E-state index is 11.7. The Balaban J connectivity index is 1.99. The Labute approximate surface area is 190 Å². The van der Waals surface area contributed by atoms with Gasteiger partial charge in [-0.1, -0.05) is 32.9 Å². The maximum Gasteiger partial charge on any atom is 0.244 e. The highest BCUT2D eigenvalue weighted by molar-refractivity contribution is 5.98. The van der Waals surface area contributed by atoms with E-state index in [1.54, 1.807) is 24.7 Å². The molecule has 0 aliphatic carbocycles. The monoisotopic (exact) mass is 454 g/mol. The Morgan fingerprint density at radius 2 is 1.53 bits per heavy atom. The molecule has 1 amide bonds. The molecule has 0 bridgehead atoms. The van der Waals surface area contributed by atoms with Gasteiger partial charge in [0.15, 0.2) is 5.78 Å². The summed E-state index contributed by atoms with van der Waals surface area (Å²) in [6.45, 7) is 13.0. The number of rotatable bonds is 19. The largest absolute Gasteiger partial charge is 0.379 e. The zero-order chi connectivity index (χ0) is 23.6. The van der Waals surface area contributed by atoms with E-state index < -0.39 is 0 Å². The predicted octanol–water partition coefficient (Wildman–Crippen LogP) is 1.40. The molecule has 1 aromatic heterocycles. The molecule has 1 N–H and O–H groups in total. The van der Waals surface area contributed by atoms with Crippen molar-refractivity contribution in [3.63, 3.8) is 0 Å². The number of carbonyl (C=O) groups is 2. The average Bonchev–Trinajstić information content (AvgIpc) is 3.21. The van der Waals surface area contributed by atoms with Crippen LogP contribution < -0.4 is 5.32 Å². The van der Waals surface area contributed by atoms with Crippen molar-refractivity contribution in [3.05, 3.63) is 24.0 Å². The number of aromatic nitrogens is 3. The molecule has 0 unspecified atom stereocenters.